The number of rotatable bonds is 5. The molecule has 1 aliphatic carbocycles. The van der Waals surface area contributed by atoms with Crippen LogP contribution in [0.25, 0.3) is 0 Å². The van der Waals surface area contributed by atoms with Gasteiger partial charge in [0.1, 0.15) is 0 Å². The van der Waals surface area contributed by atoms with Gasteiger partial charge >= 0.3 is 6.03 Å². The molecule has 3 aromatic carbocycles. The fourth-order valence-corrected chi connectivity index (χ4v) is 6.48. The van der Waals surface area contributed by atoms with Crippen LogP contribution in [-0.2, 0) is 4.79 Å². The number of benzene rings is 3. The van der Waals surface area contributed by atoms with E-state index in [0.717, 1.165) is 15.5 Å². The van der Waals surface area contributed by atoms with Crippen molar-refractivity contribution in [2.24, 2.45) is 0 Å². The van der Waals surface area contributed by atoms with Crippen molar-refractivity contribution >= 4 is 64.1 Å². The lowest BCUT2D eigenvalue weighted by Crippen LogP contribution is -2.49. The van der Waals surface area contributed by atoms with Crippen LogP contribution in [0.4, 0.5) is 21.9 Å². The molecular weight excluding hydrogens is 510 g/mol. The van der Waals surface area contributed by atoms with Gasteiger partial charge in [-0.15, -0.1) is 23.5 Å². The van der Waals surface area contributed by atoms with Gasteiger partial charge in [0.05, 0.1) is 32.9 Å². The van der Waals surface area contributed by atoms with E-state index in [0.29, 0.717) is 16.4 Å². The number of nitrogens with zero attached hydrogens (tertiary/aromatic N) is 1. The van der Waals surface area contributed by atoms with Crippen LogP contribution in [0.3, 0.4) is 0 Å². The molecule has 0 aromatic heterocycles. The van der Waals surface area contributed by atoms with E-state index in [2.05, 4.69) is 28.9 Å². The summed E-state index contributed by atoms with van der Waals surface area (Å²) >= 11 is 9.35. The molecule has 3 atom stereocenters. The monoisotopic (exact) mass is 533 g/mol. The Morgan fingerprint density at radius 3 is 2.61 bits per heavy atom. The fourth-order valence-electron chi connectivity index (χ4n) is 4.11. The topological polar surface area (TPSA) is 61.4 Å². The van der Waals surface area contributed by atoms with E-state index in [1.165, 1.54) is 11.8 Å². The summed E-state index contributed by atoms with van der Waals surface area (Å²) in [5.41, 5.74) is 2.16. The molecule has 3 aromatic rings. The molecule has 182 valence electrons. The zero-order valence-corrected chi connectivity index (χ0v) is 21.8. The summed E-state index contributed by atoms with van der Waals surface area (Å²) in [7, 11) is 0. The van der Waals surface area contributed by atoms with Crippen molar-refractivity contribution in [3.8, 4) is 0 Å². The van der Waals surface area contributed by atoms with Gasteiger partial charge in [-0.2, -0.15) is 0 Å². The minimum atomic E-state index is -0.363. The van der Waals surface area contributed by atoms with Crippen molar-refractivity contribution in [1.29, 1.82) is 0 Å². The molecule has 36 heavy (non-hydrogen) atoms. The molecule has 0 bridgehead atoms. The average molecular weight is 534 g/mol. The number of allylic oxidation sites excluding steroid dienone is 2. The van der Waals surface area contributed by atoms with Gasteiger partial charge in [0, 0.05) is 15.5 Å². The first-order chi connectivity index (χ1) is 17.5. The van der Waals surface area contributed by atoms with Crippen LogP contribution in [-0.4, -0.2) is 28.5 Å². The summed E-state index contributed by atoms with van der Waals surface area (Å²) < 4.78 is 0. The third-order valence-electron chi connectivity index (χ3n) is 5.86. The largest absolute Gasteiger partial charge is 0.326 e. The first-order valence-corrected chi connectivity index (χ1v) is 13.7. The van der Waals surface area contributed by atoms with Crippen LogP contribution in [0.2, 0.25) is 5.02 Å². The number of para-hydroxylation sites is 2. The van der Waals surface area contributed by atoms with Crippen LogP contribution in [0.1, 0.15) is 6.92 Å². The number of urea groups is 1. The van der Waals surface area contributed by atoms with Crippen molar-refractivity contribution in [3.05, 3.63) is 102 Å². The van der Waals surface area contributed by atoms with E-state index >= 15 is 0 Å². The van der Waals surface area contributed by atoms with Gasteiger partial charge in [-0.3, -0.25) is 9.69 Å². The maximum Gasteiger partial charge on any atom is 0.326 e. The molecule has 5 nitrogen and oxygen atoms in total. The number of hydrogen-bond acceptors (Lipinski definition) is 4. The maximum absolute atomic E-state index is 13.5. The van der Waals surface area contributed by atoms with Crippen molar-refractivity contribution in [2.45, 2.75) is 33.3 Å². The molecule has 5 rings (SSSR count). The van der Waals surface area contributed by atoms with Crippen LogP contribution in [0.15, 0.2) is 107 Å². The van der Waals surface area contributed by atoms with Crippen molar-refractivity contribution in [1.82, 2.24) is 0 Å². The molecule has 8 heteroatoms. The molecule has 0 fully saturated rings. The maximum atomic E-state index is 13.5. The quantitative estimate of drug-likeness (QED) is 0.334. The lowest BCUT2D eigenvalue weighted by atomic mass is 10.1. The number of amides is 3. The highest BCUT2D eigenvalue weighted by atomic mass is 35.5. The predicted octanol–water partition coefficient (Wildman–Crippen LogP) is 7.47. The molecule has 0 saturated carbocycles. The van der Waals surface area contributed by atoms with Gasteiger partial charge in [-0.1, -0.05) is 66.2 Å². The standard InChI is InChI=1S/C28H24ClN3O2S2/c1-18(27(33)31-22-12-3-2-11-21(22)29)35-20-10-8-9-19(17-20)30-28(34)32-23-13-4-6-15-25(23)36-26-16-7-5-14-24(26)32/h2-18,23,25H,1H3,(H,30,34)(H,31,33). The summed E-state index contributed by atoms with van der Waals surface area (Å²) in [6.45, 7) is 1.84. The van der Waals surface area contributed by atoms with Crippen LogP contribution < -0.4 is 15.5 Å². The Bertz CT molecular complexity index is 1360. The summed E-state index contributed by atoms with van der Waals surface area (Å²) in [5.74, 6) is -0.145. The van der Waals surface area contributed by atoms with E-state index in [-0.39, 0.29) is 28.5 Å². The highest BCUT2D eigenvalue weighted by Crippen LogP contribution is 2.43. The Labute approximate surface area is 224 Å². The number of fused-ring (bicyclic) bond motifs is 2. The van der Waals surface area contributed by atoms with Gasteiger partial charge in [0.25, 0.3) is 0 Å². The molecule has 2 N–H and O–H groups in total. The van der Waals surface area contributed by atoms with Crippen LogP contribution in [0.5, 0.6) is 0 Å². The number of anilines is 3. The lowest BCUT2D eigenvalue weighted by molar-refractivity contribution is -0.115. The molecule has 3 unspecified atom stereocenters. The summed E-state index contributed by atoms with van der Waals surface area (Å²) in [6, 6.07) is 22.4. The molecule has 0 spiro atoms. The van der Waals surface area contributed by atoms with E-state index in [1.54, 1.807) is 23.9 Å². The smallest absolute Gasteiger partial charge is 0.324 e. The van der Waals surface area contributed by atoms with Gasteiger partial charge in [-0.05, 0) is 49.4 Å². The number of carbonyl (C=O) groups is 2. The lowest BCUT2D eigenvalue weighted by Gasteiger charge is -2.40. The van der Waals surface area contributed by atoms with E-state index in [9.17, 15) is 9.59 Å². The second kappa shape index (κ2) is 10.9. The minimum absolute atomic E-state index is 0.0685. The Morgan fingerprint density at radius 2 is 1.75 bits per heavy atom. The molecule has 1 heterocycles. The average Bonchev–Trinajstić information content (AvgIpc) is 2.88. The number of carbonyl (C=O) groups excluding carboxylic acids is 2. The SMILES string of the molecule is CC(Sc1cccc(NC(=O)N2c3ccccc3SC3C=CC=CC32)c1)C(=O)Nc1ccccc1Cl. The predicted molar refractivity (Wildman–Crippen MR) is 151 cm³/mol. The van der Waals surface area contributed by atoms with E-state index in [4.69, 9.17) is 11.6 Å². The zero-order valence-electron chi connectivity index (χ0n) is 19.4. The van der Waals surface area contributed by atoms with Gasteiger partial charge in [0.2, 0.25) is 5.91 Å². The van der Waals surface area contributed by atoms with Crippen LogP contribution >= 0.6 is 35.1 Å². The van der Waals surface area contributed by atoms with Gasteiger partial charge < -0.3 is 10.6 Å². The third kappa shape index (κ3) is 5.33. The first-order valence-electron chi connectivity index (χ1n) is 11.5. The Hall–Kier alpha value is -3.13. The zero-order chi connectivity index (χ0) is 25.1. The second-order valence-electron chi connectivity index (χ2n) is 8.37. The summed E-state index contributed by atoms with van der Waals surface area (Å²) in [5, 5.41) is 6.23. The Kier molecular flexibility index (Phi) is 7.41. The molecule has 3 amide bonds. The van der Waals surface area contributed by atoms with E-state index < -0.39 is 0 Å². The Morgan fingerprint density at radius 1 is 0.972 bits per heavy atom. The molecule has 0 saturated heterocycles. The summed E-state index contributed by atoms with van der Waals surface area (Å²) in [4.78, 5) is 30.0. The highest BCUT2D eigenvalue weighted by molar-refractivity contribution is 8.00. The molecule has 0 radical (unpaired) electrons. The number of thioether (sulfide) groups is 2. The van der Waals surface area contributed by atoms with Crippen molar-refractivity contribution in [3.63, 3.8) is 0 Å². The molecule has 1 aliphatic heterocycles. The molecular formula is C28H24ClN3O2S2. The minimum Gasteiger partial charge on any atom is -0.324 e. The fraction of sp³-hybridized carbons (Fsp3) is 0.143. The summed E-state index contributed by atoms with van der Waals surface area (Å²) in [6.07, 6.45) is 8.22. The number of nitrogens with one attached hydrogen (secondary N) is 2. The second-order valence-corrected chi connectivity index (χ2v) is 11.4. The first kappa shape index (κ1) is 24.6. The van der Waals surface area contributed by atoms with Gasteiger partial charge in [-0.25, -0.2) is 4.79 Å². The highest BCUT2D eigenvalue weighted by Gasteiger charge is 2.36. The van der Waals surface area contributed by atoms with Gasteiger partial charge in [0.15, 0.2) is 0 Å². The molecule has 2 aliphatic rings. The van der Waals surface area contributed by atoms with Crippen molar-refractivity contribution in [2.75, 3.05) is 15.5 Å². The van der Waals surface area contributed by atoms with Crippen LogP contribution in [0, 0.1) is 0 Å². The Balaban J connectivity index is 1.29. The number of halogens is 1. The van der Waals surface area contributed by atoms with Crippen molar-refractivity contribution < 1.29 is 9.59 Å². The van der Waals surface area contributed by atoms with E-state index in [1.807, 2.05) is 78.6 Å². The normalized spacial score (nSPS) is 18.7. The third-order valence-corrected chi connectivity index (χ3v) is 8.59. The number of hydrogen-bond donors (Lipinski definition) is 2.